The topological polar surface area (TPSA) is 80.3 Å². The van der Waals surface area contributed by atoms with Crippen LogP contribution in [0.25, 0.3) is 0 Å². The molecule has 0 saturated heterocycles. The number of methoxy groups -OCH3 is 1. The smallest absolute Gasteiger partial charge is 0.300 e. The highest BCUT2D eigenvalue weighted by molar-refractivity contribution is 7.86. The van der Waals surface area contributed by atoms with Crippen molar-refractivity contribution in [1.29, 1.82) is 0 Å². The van der Waals surface area contributed by atoms with Crippen molar-refractivity contribution in [1.82, 2.24) is 0 Å². The number of hydrogen-bond donors (Lipinski definition) is 0. The minimum absolute atomic E-state index is 0.0574. The van der Waals surface area contributed by atoms with Crippen molar-refractivity contribution in [3.05, 3.63) is 59.7 Å². The minimum Gasteiger partial charge on any atom is -0.487 e. The van der Waals surface area contributed by atoms with Gasteiger partial charge in [-0.15, -0.1) is 0 Å². The normalized spacial score (nSPS) is 11.6. The zero-order valence-electron chi connectivity index (χ0n) is 17.9. The zero-order valence-corrected chi connectivity index (χ0v) is 18.7. The van der Waals surface area contributed by atoms with Gasteiger partial charge in [-0.1, -0.05) is 30.3 Å². The molecule has 2 aromatic rings. The van der Waals surface area contributed by atoms with Gasteiger partial charge in [0.15, 0.2) is 11.6 Å². The Morgan fingerprint density at radius 2 is 1.50 bits per heavy atom. The number of hydrogen-bond acceptors (Lipinski definition) is 7. The Morgan fingerprint density at radius 1 is 0.844 bits per heavy atom. The van der Waals surface area contributed by atoms with Crippen molar-refractivity contribution in [2.24, 2.45) is 0 Å². The number of rotatable bonds is 16. The maximum absolute atomic E-state index is 14.2. The van der Waals surface area contributed by atoms with Gasteiger partial charge in [0.2, 0.25) is 0 Å². The van der Waals surface area contributed by atoms with E-state index in [9.17, 15) is 17.2 Å². The first-order chi connectivity index (χ1) is 15.4. The molecule has 0 aliphatic heterocycles. The summed E-state index contributed by atoms with van der Waals surface area (Å²) in [6.07, 6.45) is 1.02. The summed E-state index contributed by atoms with van der Waals surface area (Å²) in [6, 6.07) is 10.7. The van der Waals surface area contributed by atoms with Crippen molar-refractivity contribution in [2.45, 2.75) is 17.7 Å². The van der Waals surface area contributed by atoms with E-state index in [0.717, 1.165) is 5.56 Å². The first-order valence-corrected chi connectivity index (χ1v) is 11.5. The predicted octanol–water partition coefficient (Wildman–Crippen LogP) is 3.36. The molecule has 0 heterocycles. The van der Waals surface area contributed by atoms with E-state index in [0.29, 0.717) is 44.8 Å². The molecule has 0 aliphatic rings. The van der Waals surface area contributed by atoms with Crippen LogP contribution in [0.4, 0.5) is 8.78 Å². The van der Waals surface area contributed by atoms with Gasteiger partial charge in [0.25, 0.3) is 0 Å². The summed E-state index contributed by atoms with van der Waals surface area (Å²) in [5.74, 6) is -2.79. The van der Waals surface area contributed by atoms with E-state index in [1.165, 1.54) is 0 Å². The third kappa shape index (κ3) is 9.17. The summed E-state index contributed by atoms with van der Waals surface area (Å²) < 4.78 is 78.6. The van der Waals surface area contributed by atoms with Gasteiger partial charge in [-0.25, -0.2) is 8.78 Å². The molecule has 0 amide bonds. The fraction of sp³-hybridized carbons (Fsp3) is 0.455. The largest absolute Gasteiger partial charge is 0.487 e. The van der Waals surface area contributed by atoms with Gasteiger partial charge in [-0.3, -0.25) is 4.18 Å². The van der Waals surface area contributed by atoms with Crippen molar-refractivity contribution in [3.8, 4) is 5.75 Å². The monoisotopic (exact) mass is 474 g/mol. The van der Waals surface area contributed by atoms with E-state index in [2.05, 4.69) is 0 Å². The van der Waals surface area contributed by atoms with Crippen LogP contribution in [0.1, 0.15) is 12.0 Å². The average molecular weight is 475 g/mol. The van der Waals surface area contributed by atoms with Crippen LogP contribution in [0.2, 0.25) is 0 Å². The van der Waals surface area contributed by atoms with Crippen LogP contribution in [0, 0.1) is 11.6 Å². The summed E-state index contributed by atoms with van der Waals surface area (Å²) in [7, 11) is -2.86. The Bertz CT molecular complexity index is 908. The molecule has 0 fully saturated rings. The quantitative estimate of drug-likeness (QED) is 0.273. The van der Waals surface area contributed by atoms with Gasteiger partial charge in [-0.2, -0.15) is 8.42 Å². The molecule has 0 radical (unpaired) electrons. The molecule has 0 bridgehead atoms. The van der Waals surface area contributed by atoms with Gasteiger partial charge in [0, 0.05) is 13.2 Å². The second kappa shape index (κ2) is 14.1. The van der Waals surface area contributed by atoms with Crippen molar-refractivity contribution < 1.29 is 40.3 Å². The first-order valence-electron chi connectivity index (χ1n) is 10.1. The molecular weight excluding hydrogens is 446 g/mol. The maximum atomic E-state index is 14.2. The van der Waals surface area contributed by atoms with E-state index in [1.807, 2.05) is 30.3 Å². The SMILES string of the molecule is COCCOCCOCCOc1c(F)cc(F)cc1S(=O)(=O)OCCCc1ccccc1. The van der Waals surface area contributed by atoms with Crippen molar-refractivity contribution >= 4 is 10.1 Å². The predicted molar refractivity (Wildman–Crippen MR) is 113 cm³/mol. The molecule has 0 saturated carbocycles. The standard InChI is InChI=1S/C22H28F2O7S/c1-27-10-11-28-12-13-29-14-15-30-22-20(24)16-19(23)17-21(22)32(25,26)31-9-5-8-18-6-3-2-4-7-18/h2-4,6-7,16-17H,5,8-15H2,1H3. The van der Waals surface area contributed by atoms with Gasteiger partial charge < -0.3 is 18.9 Å². The molecule has 0 N–H and O–H groups in total. The third-order valence-corrected chi connectivity index (χ3v) is 5.53. The Morgan fingerprint density at radius 3 is 2.19 bits per heavy atom. The Hall–Kier alpha value is -2.11. The van der Waals surface area contributed by atoms with Crippen LogP contribution in [0.5, 0.6) is 5.75 Å². The van der Waals surface area contributed by atoms with Crippen LogP contribution in [-0.2, 0) is 34.9 Å². The molecule has 0 unspecified atom stereocenters. The van der Waals surface area contributed by atoms with E-state index in [4.69, 9.17) is 23.1 Å². The lowest BCUT2D eigenvalue weighted by atomic mass is 10.1. The highest BCUT2D eigenvalue weighted by atomic mass is 32.2. The molecular formula is C22H28F2O7S. The number of aryl methyl sites for hydroxylation is 1. The van der Waals surface area contributed by atoms with Crippen molar-refractivity contribution in [2.75, 3.05) is 53.4 Å². The van der Waals surface area contributed by atoms with Gasteiger partial charge in [-0.05, 0) is 24.5 Å². The Kier molecular flexibility index (Phi) is 11.5. The van der Waals surface area contributed by atoms with Crippen LogP contribution in [0.15, 0.2) is 47.4 Å². The fourth-order valence-corrected chi connectivity index (χ4v) is 3.79. The lowest BCUT2D eigenvalue weighted by Gasteiger charge is -2.13. The zero-order chi connectivity index (χ0) is 23.2. The number of benzene rings is 2. The third-order valence-electron chi connectivity index (χ3n) is 4.21. The van der Waals surface area contributed by atoms with E-state index in [-0.39, 0.29) is 26.4 Å². The second-order valence-electron chi connectivity index (χ2n) is 6.65. The molecule has 32 heavy (non-hydrogen) atoms. The average Bonchev–Trinajstić information content (AvgIpc) is 2.77. The fourth-order valence-electron chi connectivity index (χ4n) is 2.68. The molecule has 7 nitrogen and oxygen atoms in total. The van der Waals surface area contributed by atoms with E-state index in [1.54, 1.807) is 7.11 Å². The molecule has 0 atom stereocenters. The van der Waals surface area contributed by atoms with Gasteiger partial charge in [0.05, 0.1) is 39.6 Å². The summed E-state index contributed by atoms with van der Waals surface area (Å²) in [6.45, 7) is 1.29. The maximum Gasteiger partial charge on any atom is 0.300 e. The van der Waals surface area contributed by atoms with Gasteiger partial charge >= 0.3 is 10.1 Å². The van der Waals surface area contributed by atoms with E-state index >= 15 is 0 Å². The Balaban J connectivity index is 1.86. The van der Waals surface area contributed by atoms with Crippen LogP contribution < -0.4 is 4.74 Å². The summed E-state index contributed by atoms with van der Waals surface area (Å²) >= 11 is 0. The molecule has 10 heteroatoms. The number of ether oxygens (including phenoxy) is 4. The molecule has 0 aromatic heterocycles. The van der Waals surface area contributed by atoms with Crippen LogP contribution >= 0.6 is 0 Å². The molecule has 0 spiro atoms. The van der Waals surface area contributed by atoms with Crippen LogP contribution in [-0.4, -0.2) is 61.8 Å². The summed E-state index contributed by atoms with van der Waals surface area (Å²) in [5.41, 5.74) is 1.03. The second-order valence-corrected chi connectivity index (χ2v) is 8.23. The Labute approximate surface area is 187 Å². The summed E-state index contributed by atoms with van der Waals surface area (Å²) in [4.78, 5) is -0.697. The van der Waals surface area contributed by atoms with Crippen LogP contribution in [0.3, 0.4) is 0 Å². The molecule has 2 aromatic carbocycles. The first kappa shape index (κ1) is 26.1. The minimum atomic E-state index is -4.43. The highest BCUT2D eigenvalue weighted by Gasteiger charge is 2.25. The van der Waals surface area contributed by atoms with Gasteiger partial charge in [0.1, 0.15) is 17.3 Å². The number of halogens is 2. The summed E-state index contributed by atoms with van der Waals surface area (Å²) in [5, 5.41) is 0. The molecule has 2 rings (SSSR count). The van der Waals surface area contributed by atoms with E-state index < -0.39 is 32.4 Å². The highest BCUT2D eigenvalue weighted by Crippen LogP contribution is 2.30. The molecule has 178 valence electrons. The van der Waals surface area contributed by atoms with Crippen molar-refractivity contribution in [3.63, 3.8) is 0 Å². The lowest BCUT2D eigenvalue weighted by Crippen LogP contribution is -2.15. The molecule has 0 aliphatic carbocycles. The lowest BCUT2D eigenvalue weighted by molar-refractivity contribution is 0.0174.